The van der Waals surface area contributed by atoms with E-state index >= 15 is 0 Å². The maximum Gasteiger partial charge on any atom is 0.153 e. The summed E-state index contributed by atoms with van der Waals surface area (Å²) in [5.41, 5.74) is 7.00. The Morgan fingerprint density at radius 3 is 2.28 bits per heavy atom. The van der Waals surface area contributed by atoms with Gasteiger partial charge in [-0.15, -0.1) is 0 Å². The van der Waals surface area contributed by atoms with Crippen LogP contribution in [0.15, 0.2) is 12.3 Å². The highest BCUT2D eigenvalue weighted by Gasteiger charge is 2.16. The lowest BCUT2D eigenvalue weighted by Gasteiger charge is -2.28. The summed E-state index contributed by atoms with van der Waals surface area (Å²) in [5, 5.41) is 9.01. The molecular weight excluding hydrogens is 224 g/mol. The molecule has 0 aromatic carbocycles. The fraction of sp³-hybridized carbons (Fsp3) is 0.571. The van der Waals surface area contributed by atoms with Crippen molar-refractivity contribution >= 4 is 11.5 Å². The molecule has 1 aromatic heterocycles. The van der Waals surface area contributed by atoms with Crippen LogP contribution in [0.5, 0.6) is 0 Å². The molecule has 0 bridgehead atoms. The van der Waals surface area contributed by atoms with Crippen molar-refractivity contribution in [2.24, 2.45) is 11.8 Å². The third kappa shape index (κ3) is 3.63. The van der Waals surface area contributed by atoms with Gasteiger partial charge in [-0.2, -0.15) is 5.26 Å². The first kappa shape index (κ1) is 14.3. The Bertz CT molecular complexity index is 422. The zero-order valence-electron chi connectivity index (χ0n) is 11.6. The molecule has 0 aliphatic carbocycles. The molecule has 1 heterocycles. The number of rotatable bonds is 5. The summed E-state index contributed by atoms with van der Waals surface area (Å²) in [5.74, 6) is 1.78. The van der Waals surface area contributed by atoms with Gasteiger partial charge in [0.25, 0.3) is 0 Å². The van der Waals surface area contributed by atoms with Gasteiger partial charge in [-0.05, 0) is 17.9 Å². The zero-order valence-corrected chi connectivity index (χ0v) is 11.6. The van der Waals surface area contributed by atoms with Gasteiger partial charge in [0.1, 0.15) is 6.07 Å². The third-order valence-electron chi connectivity index (χ3n) is 2.56. The lowest BCUT2D eigenvalue weighted by Crippen LogP contribution is -2.32. The van der Waals surface area contributed by atoms with E-state index in [4.69, 9.17) is 11.0 Å². The van der Waals surface area contributed by atoms with E-state index in [1.165, 1.54) is 0 Å². The number of pyridine rings is 1. The summed E-state index contributed by atoms with van der Waals surface area (Å²) in [6.45, 7) is 10.4. The molecule has 0 amide bonds. The molecule has 0 saturated heterocycles. The van der Waals surface area contributed by atoms with Crippen LogP contribution in [0.2, 0.25) is 0 Å². The van der Waals surface area contributed by atoms with Gasteiger partial charge < -0.3 is 10.6 Å². The summed E-state index contributed by atoms with van der Waals surface area (Å²) >= 11 is 0. The SMILES string of the molecule is CC(C)CN(CC(C)C)c1nccc(C#N)c1N. The van der Waals surface area contributed by atoms with Gasteiger partial charge in [-0.25, -0.2) is 4.98 Å². The summed E-state index contributed by atoms with van der Waals surface area (Å²) in [6, 6.07) is 3.76. The Morgan fingerprint density at radius 1 is 1.28 bits per heavy atom. The highest BCUT2D eigenvalue weighted by atomic mass is 15.2. The van der Waals surface area contributed by atoms with Crippen molar-refractivity contribution in [2.45, 2.75) is 27.7 Å². The van der Waals surface area contributed by atoms with Crippen molar-refractivity contribution in [1.29, 1.82) is 5.26 Å². The third-order valence-corrected chi connectivity index (χ3v) is 2.56. The normalized spacial score (nSPS) is 10.7. The molecule has 0 unspecified atom stereocenters. The molecule has 18 heavy (non-hydrogen) atoms. The second kappa shape index (κ2) is 6.25. The van der Waals surface area contributed by atoms with Crippen molar-refractivity contribution < 1.29 is 0 Å². The van der Waals surface area contributed by atoms with Crippen LogP contribution in [0.25, 0.3) is 0 Å². The Labute approximate surface area is 109 Å². The van der Waals surface area contributed by atoms with Crippen LogP contribution in [0, 0.1) is 23.2 Å². The molecule has 2 N–H and O–H groups in total. The number of aromatic nitrogens is 1. The average Bonchev–Trinajstić information content (AvgIpc) is 2.27. The molecular formula is C14H22N4. The van der Waals surface area contributed by atoms with Gasteiger partial charge in [-0.3, -0.25) is 0 Å². The fourth-order valence-corrected chi connectivity index (χ4v) is 1.94. The van der Waals surface area contributed by atoms with E-state index in [0.29, 0.717) is 23.1 Å². The van der Waals surface area contributed by atoms with E-state index < -0.39 is 0 Å². The number of hydrogen-bond acceptors (Lipinski definition) is 4. The number of anilines is 2. The van der Waals surface area contributed by atoms with E-state index in [2.05, 4.69) is 43.6 Å². The Balaban J connectivity index is 3.08. The second-order valence-corrected chi connectivity index (χ2v) is 5.40. The first-order valence-electron chi connectivity index (χ1n) is 6.35. The van der Waals surface area contributed by atoms with Crippen LogP contribution >= 0.6 is 0 Å². The Hall–Kier alpha value is -1.76. The molecule has 0 fully saturated rings. The Morgan fingerprint density at radius 2 is 1.83 bits per heavy atom. The molecule has 0 radical (unpaired) electrons. The Kier molecular flexibility index (Phi) is 4.96. The first-order valence-corrected chi connectivity index (χ1v) is 6.35. The van der Waals surface area contributed by atoms with Crippen molar-refractivity contribution in [3.8, 4) is 6.07 Å². The van der Waals surface area contributed by atoms with Crippen molar-refractivity contribution in [3.05, 3.63) is 17.8 Å². The smallest absolute Gasteiger partial charge is 0.153 e. The number of nitrogens with two attached hydrogens (primary N) is 1. The maximum absolute atomic E-state index is 9.01. The van der Waals surface area contributed by atoms with Gasteiger partial charge in [0.15, 0.2) is 5.82 Å². The fourth-order valence-electron chi connectivity index (χ4n) is 1.94. The zero-order chi connectivity index (χ0) is 13.7. The van der Waals surface area contributed by atoms with Crippen LogP contribution in [0.1, 0.15) is 33.3 Å². The topological polar surface area (TPSA) is 65.9 Å². The molecule has 0 aliphatic heterocycles. The van der Waals surface area contributed by atoms with Gasteiger partial charge in [-0.1, -0.05) is 27.7 Å². The highest BCUT2D eigenvalue weighted by Crippen LogP contribution is 2.25. The molecule has 1 rings (SSSR count). The summed E-state index contributed by atoms with van der Waals surface area (Å²) in [4.78, 5) is 6.52. The monoisotopic (exact) mass is 246 g/mol. The molecule has 0 spiro atoms. The average molecular weight is 246 g/mol. The van der Waals surface area contributed by atoms with Gasteiger partial charge in [0, 0.05) is 19.3 Å². The van der Waals surface area contributed by atoms with Gasteiger partial charge in [0.2, 0.25) is 0 Å². The molecule has 1 aromatic rings. The number of nitrogens with zero attached hydrogens (tertiary/aromatic N) is 3. The van der Waals surface area contributed by atoms with Crippen LogP contribution in [-0.4, -0.2) is 18.1 Å². The van der Waals surface area contributed by atoms with Gasteiger partial charge >= 0.3 is 0 Å². The minimum atomic E-state index is 0.487. The maximum atomic E-state index is 9.01. The predicted octanol–water partition coefficient (Wildman–Crippen LogP) is 2.65. The molecule has 0 atom stereocenters. The molecule has 0 saturated carbocycles. The van der Waals surface area contributed by atoms with Crippen LogP contribution in [-0.2, 0) is 0 Å². The van der Waals surface area contributed by atoms with E-state index in [9.17, 15) is 0 Å². The predicted molar refractivity (Wildman–Crippen MR) is 75.3 cm³/mol. The number of hydrogen-bond donors (Lipinski definition) is 1. The molecule has 4 heteroatoms. The quantitative estimate of drug-likeness (QED) is 0.867. The summed E-state index contributed by atoms with van der Waals surface area (Å²) < 4.78 is 0. The lowest BCUT2D eigenvalue weighted by molar-refractivity contribution is 0.549. The summed E-state index contributed by atoms with van der Waals surface area (Å²) in [6.07, 6.45) is 1.65. The largest absolute Gasteiger partial charge is 0.395 e. The van der Waals surface area contributed by atoms with E-state index in [-0.39, 0.29) is 0 Å². The van der Waals surface area contributed by atoms with Crippen molar-refractivity contribution in [1.82, 2.24) is 4.98 Å². The van der Waals surface area contributed by atoms with Crippen LogP contribution in [0.4, 0.5) is 11.5 Å². The lowest BCUT2D eigenvalue weighted by atomic mass is 10.1. The summed E-state index contributed by atoms with van der Waals surface area (Å²) in [7, 11) is 0. The standard InChI is InChI=1S/C14H22N4/c1-10(2)8-18(9-11(3)4)14-13(16)12(7-15)5-6-17-14/h5-6,10-11H,8-9,16H2,1-4H3. The van der Waals surface area contributed by atoms with Gasteiger partial charge in [0.05, 0.1) is 11.3 Å². The number of nitriles is 1. The van der Waals surface area contributed by atoms with Crippen LogP contribution in [0.3, 0.4) is 0 Å². The molecule has 98 valence electrons. The van der Waals surface area contributed by atoms with E-state index in [1.54, 1.807) is 12.3 Å². The number of nitrogen functional groups attached to an aromatic ring is 1. The van der Waals surface area contributed by atoms with E-state index in [1.807, 2.05) is 0 Å². The molecule has 0 aliphatic rings. The minimum absolute atomic E-state index is 0.487. The van der Waals surface area contributed by atoms with Crippen molar-refractivity contribution in [3.63, 3.8) is 0 Å². The molecule has 4 nitrogen and oxygen atoms in total. The minimum Gasteiger partial charge on any atom is -0.395 e. The van der Waals surface area contributed by atoms with Crippen molar-refractivity contribution in [2.75, 3.05) is 23.7 Å². The van der Waals surface area contributed by atoms with Crippen LogP contribution < -0.4 is 10.6 Å². The highest BCUT2D eigenvalue weighted by molar-refractivity contribution is 5.70. The second-order valence-electron chi connectivity index (χ2n) is 5.40. The van der Waals surface area contributed by atoms with E-state index in [0.717, 1.165) is 18.9 Å². The first-order chi connectivity index (χ1) is 8.45.